The molecular weight excluding hydrogens is 394 g/mol. The monoisotopic (exact) mass is 415 g/mol. The van der Waals surface area contributed by atoms with Crippen molar-refractivity contribution in [3.63, 3.8) is 0 Å². The molecule has 0 spiro atoms. The van der Waals surface area contributed by atoms with Crippen LogP contribution in [0.5, 0.6) is 5.88 Å². The molecule has 2 bridgehead atoms. The van der Waals surface area contributed by atoms with Crippen molar-refractivity contribution in [3.05, 3.63) is 59.7 Å². The van der Waals surface area contributed by atoms with Crippen LogP contribution < -0.4 is 5.32 Å². The maximum atomic E-state index is 12.6. The molecule has 1 aromatic heterocycles. The number of aromatic hydroxyl groups is 1. The van der Waals surface area contributed by atoms with Crippen LogP contribution in [0.15, 0.2) is 58.7 Å². The van der Waals surface area contributed by atoms with Crippen molar-refractivity contribution < 1.29 is 14.7 Å². The number of rotatable bonds is 4. The topological polar surface area (TPSA) is 102 Å². The molecule has 31 heavy (non-hydrogen) atoms. The molecule has 156 valence electrons. The SMILES string of the molecule is O=C(CO/N=C1/C(c2c(O)[nH]c3ccccc23)=Nc2ccccc21)N1C[C@@H]2C[C@H]1CN2. The van der Waals surface area contributed by atoms with E-state index in [0.717, 1.165) is 41.7 Å². The normalized spacial score (nSPS) is 22.9. The Labute approximate surface area is 178 Å². The molecule has 4 heterocycles. The standard InChI is InChI=1S/C23H21N5O3/c29-19(28-11-13-9-14(28)10-24-13)12-31-27-21-16-6-2-4-8-18(16)25-22(21)20-15-5-1-3-7-17(15)26-23(20)30/h1-8,13-14,24,26,30H,9-12H2/b27-21+/t13-,14-/m0/s1. The Balaban J connectivity index is 1.31. The molecule has 2 atom stereocenters. The van der Waals surface area contributed by atoms with Gasteiger partial charge in [0.1, 0.15) is 11.4 Å². The van der Waals surface area contributed by atoms with Gasteiger partial charge in [0.25, 0.3) is 5.91 Å². The van der Waals surface area contributed by atoms with Crippen LogP contribution in [-0.2, 0) is 9.63 Å². The molecule has 0 saturated carbocycles. The summed E-state index contributed by atoms with van der Waals surface area (Å²) < 4.78 is 0. The van der Waals surface area contributed by atoms with E-state index in [0.29, 0.717) is 23.0 Å². The number of oxime groups is 1. The lowest BCUT2D eigenvalue weighted by molar-refractivity contribution is -0.137. The maximum absolute atomic E-state index is 12.6. The van der Waals surface area contributed by atoms with E-state index in [1.165, 1.54) is 0 Å². The molecule has 8 heteroatoms. The zero-order valence-corrected chi connectivity index (χ0v) is 16.7. The summed E-state index contributed by atoms with van der Waals surface area (Å²) in [6.07, 6.45) is 1.00. The number of fused-ring (bicyclic) bond motifs is 4. The number of nitrogens with one attached hydrogen (secondary N) is 2. The highest BCUT2D eigenvalue weighted by Gasteiger charge is 2.40. The Morgan fingerprint density at radius 2 is 2.06 bits per heavy atom. The molecule has 3 aromatic rings. The minimum absolute atomic E-state index is 0.0251. The molecule has 3 N–H and O–H groups in total. The van der Waals surface area contributed by atoms with Crippen molar-refractivity contribution in [2.75, 3.05) is 19.7 Å². The number of amides is 1. The van der Waals surface area contributed by atoms with E-state index in [4.69, 9.17) is 9.83 Å². The Bertz CT molecular complexity index is 1260. The lowest BCUT2D eigenvalue weighted by atomic mass is 10.0. The third-order valence-electron chi connectivity index (χ3n) is 6.26. The van der Waals surface area contributed by atoms with Gasteiger partial charge in [-0.2, -0.15) is 0 Å². The Hall–Kier alpha value is -3.65. The van der Waals surface area contributed by atoms with E-state index in [9.17, 15) is 9.90 Å². The van der Waals surface area contributed by atoms with E-state index in [2.05, 4.69) is 15.5 Å². The maximum Gasteiger partial charge on any atom is 0.263 e. The number of hydrogen-bond donors (Lipinski definition) is 3. The van der Waals surface area contributed by atoms with Crippen LogP contribution in [0, 0.1) is 0 Å². The number of H-pyrrole nitrogens is 1. The fourth-order valence-electron chi connectivity index (χ4n) is 4.81. The first-order valence-electron chi connectivity index (χ1n) is 10.4. The summed E-state index contributed by atoms with van der Waals surface area (Å²) in [5, 5.41) is 19.2. The Morgan fingerprint density at radius 1 is 1.23 bits per heavy atom. The molecule has 2 aromatic carbocycles. The van der Waals surface area contributed by atoms with Crippen molar-refractivity contribution in [1.82, 2.24) is 15.2 Å². The summed E-state index contributed by atoms with van der Waals surface area (Å²) in [4.78, 5) is 27.7. The van der Waals surface area contributed by atoms with Gasteiger partial charge >= 0.3 is 0 Å². The van der Waals surface area contributed by atoms with Crippen LogP contribution in [0.4, 0.5) is 5.69 Å². The Morgan fingerprint density at radius 3 is 2.90 bits per heavy atom. The summed E-state index contributed by atoms with van der Waals surface area (Å²) in [7, 11) is 0. The third kappa shape index (κ3) is 2.90. The van der Waals surface area contributed by atoms with E-state index < -0.39 is 0 Å². The minimum Gasteiger partial charge on any atom is -0.494 e. The van der Waals surface area contributed by atoms with Crippen LogP contribution in [-0.4, -0.2) is 64.1 Å². The minimum atomic E-state index is -0.123. The van der Waals surface area contributed by atoms with E-state index in [1.54, 1.807) is 0 Å². The predicted octanol–water partition coefficient (Wildman–Crippen LogP) is 2.30. The van der Waals surface area contributed by atoms with Gasteiger partial charge in [0.2, 0.25) is 0 Å². The van der Waals surface area contributed by atoms with Crippen LogP contribution >= 0.6 is 0 Å². The molecule has 0 radical (unpaired) electrons. The molecule has 0 aliphatic carbocycles. The van der Waals surface area contributed by atoms with Gasteiger partial charge in [0, 0.05) is 41.6 Å². The zero-order chi connectivity index (χ0) is 20.9. The van der Waals surface area contributed by atoms with Gasteiger partial charge in [-0.15, -0.1) is 0 Å². The van der Waals surface area contributed by atoms with Gasteiger partial charge in [-0.05, 0) is 18.6 Å². The van der Waals surface area contributed by atoms with Gasteiger partial charge in [0.15, 0.2) is 12.5 Å². The highest BCUT2D eigenvalue weighted by molar-refractivity contribution is 6.58. The number of piperazine rings is 1. The molecule has 6 rings (SSSR count). The number of nitrogens with zero attached hydrogens (tertiary/aromatic N) is 3. The molecule has 0 unspecified atom stereocenters. The van der Waals surface area contributed by atoms with Crippen molar-refractivity contribution in [2.24, 2.45) is 10.1 Å². The van der Waals surface area contributed by atoms with Gasteiger partial charge in [0.05, 0.1) is 11.3 Å². The van der Waals surface area contributed by atoms with Gasteiger partial charge in [-0.25, -0.2) is 4.99 Å². The zero-order valence-electron chi connectivity index (χ0n) is 16.7. The number of para-hydroxylation sites is 2. The highest BCUT2D eigenvalue weighted by Crippen LogP contribution is 2.35. The van der Waals surface area contributed by atoms with E-state index in [1.807, 2.05) is 53.4 Å². The quantitative estimate of drug-likeness (QED) is 0.569. The summed E-state index contributed by atoms with van der Waals surface area (Å²) in [5.74, 6) is -0.0322. The summed E-state index contributed by atoms with van der Waals surface area (Å²) >= 11 is 0. The molecule has 8 nitrogen and oxygen atoms in total. The number of aliphatic imine (C=N–C) groups is 1. The number of hydrogen-bond acceptors (Lipinski definition) is 6. The Kier molecular flexibility index (Phi) is 4.07. The molecule has 2 saturated heterocycles. The van der Waals surface area contributed by atoms with Crippen LogP contribution in [0.2, 0.25) is 0 Å². The van der Waals surface area contributed by atoms with Gasteiger partial charge < -0.3 is 25.1 Å². The number of aromatic nitrogens is 1. The second kappa shape index (κ2) is 6.95. The largest absolute Gasteiger partial charge is 0.494 e. The molecule has 2 fully saturated rings. The molecule has 3 aliphatic rings. The lowest BCUT2D eigenvalue weighted by Gasteiger charge is -2.26. The summed E-state index contributed by atoms with van der Waals surface area (Å²) in [5.41, 5.74) is 3.96. The predicted molar refractivity (Wildman–Crippen MR) is 117 cm³/mol. The number of benzene rings is 2. The van der Waals surface area contributed by atoms with Crippen molar-refractivity contribution >= 4 is 33.9 Å². The van der Waals surface area contributed by atoms with Crippen LogP contribution in [0.3, 0.4) is 0 Å². The summed E-state index contributed by atoms with van der Waals surface area (Å²) in [6, 6.07) is 15.9. The first kappa shape index (κ1) is 18.1. The van der Waals surface area contributed by atoms with Crippen molar-refractivity contribution in [1.29, 1.82) is 0 Å². The van der Waals surface area contributed by atoms with Gasteiger partial charge in [-0.1, -0.05) is 41.6 Å². The summed E-state index contributed by atoms with van der Waals surface area (Å²) in [6.45, 7) is 1.44. The van der Waals surface area contributed by atoms with Crippen molar-refractivity contribution in [3.8, 4) is 5.88 Å². The molecule has 3 aliphatic heterocycles. The number of carbonyl (C=O) groups is 1. The highest BCUT2D eigenvalue weighted by atomic mass is 16.6. The average Bonchev–Trinajstić information content (AvgIpc) is 3.55. The van der Waals surface area contributed by atoms with Gasteiger partial charge in [-0.3, -0.25) is 4.79 Å². The second-order valence-corrected chi connectivity index (χ2v) is 8.13. The average molecular weight is 415 g/mol. The first-order valence-corrected chi connectivity index (χ1v) is 10.4. The number of aromatic amines is 1. The van der Waals surface area contributed by atoms with E-state index in [-0.39, 0.29) is 24.4 Å². The smallest absolute Gasteiger partial charge is 0.263 e. The third-order valence-corrected chi connectivity index (χ3v) is 6.26. The van der Waals surface area contributed by atoms with Crippen LogP contribution in [0.1, 0.15) is 17.5 Å². The molecule has 1 amide bonds. The fraction of sp³-hybridized carbons (Fsp3) is 0.261. The first-order chi connectivity index (χ1) is 15.2. The van der Waals surface area contributed by atoms with Crippen molar-refractivity contribution in [2.45, 2.75) is 18.5 Å². The molecular formula is C23H21N5O3. The lowest BCUT2D eigenvalue weighted by Crippen LogP contribution is -2.47. The fourth-order valence-corrected chi connectivity index (χ4v) is 4.81. The van der Waals surface area contributed by atoms with Crippen LogP contribution in [0.25, 0.3) is 10.9 Å². The number of carbonyl (C=O) groups excluding carboxylic acids is 1. The van der Waals surface area contributed by atoms with E-state index >= 15 is 0 Å². The number of likely N-dealkylation sites (tertiary alicyclic amines) is 1. The second-order valence-electron chi connectivity index (χ2n) is 8.13.